The number of hydrogen-bond donors (Lipinski definition) is 1. The standard InChI is InChI=1S/C21H29N3O4S/c25-21(23-22-19-9-8-16-4-1-2-5-17(16)14-19)18-6-3-7-20(15-18)29(26,27)24-10-12-28-13-11-24/h3,6-7,15-17H,1-2,4-5,8-14H2,(H,23,25)/b22-19-/t16-,17+/m0/s1. The van der Waals surface area contributed by atoms with Gasteiger partial charge in [0, 0.05) is 24.4 Å². The van der Waals surface area contributed by atoms with E-state index in [1.807, 2.05) is 0 Å². The van der Waals surface area contributed by atoms with Crippen LogP contribution in [0.4, 0.5) is 0 Å². The molecule has 8 heteroatoms. The van der Waals surface area contributed by atoms with Crippen molar-refractivity contribution >= 4 is 21.6 Å². The van der Waals surface area contributed by atoms with E-state index in [1.165, 1.54) is 42.1 Å². The smallest absolute Gasteiger partial charge is 0.271 e. The first kappa shape index (κ1) is 20.5. The molecule has 158 valence electrons. The van der Waals surface area contributed by atoms with Crippen LogP contribution in [0.3, 0.4) is 0 Å². The summed E-state index contributed by atoms with van der Waals surface area (Å²) in [6, 6.07) is 6.17. The Morgan fingerprint density at radius 2 is 1.86 bits per heavy atom. The van der Waals surface area contributed by atoms with Gasteiger partial charge in [0.1, 0.15) is 0 Å². The summed E-state index contributed by atoms with van der Waals surface area (Å²) in [5.41, 5.74) is 4.00. The fraction of sp³-hybridized carbons (Fsp3) is 0.619. The van der Waals surface area contributed by atoms with Crippen LogP contribution in [0.25, 0.3) is 0 Å². The second kappa shape index (κ2) is 8.93. The molecule has 0 spiro atoms. The number of rotatable bonds is 4. The van der Waals surface area contributed by atoms with Crippen LogP contribution in [0, 0.1) is 11.8 Å². The molecule has 0 unspecified atom stereocenters. The molecule has 7 nitrogen and oxygen atoms in total. The van der Waals surface area contributed by atoms with E-state index in [1.54, 1.807) is 12.1 Å². The molecule has 3 aliphatic rings. The van der Waals surface area contributed by atoms with Gasteiger partial charge in [0.2, 0.25) is 10.0 Å². The van der Waals surface area contributed by atoms with E-state index < -0.39 is 10.0 Å². The highest BCUT2D eigenvalue weighted by molar-refractivity contribution is 7.89. The number of sulfonamides is 1. The van der Waals surface area contributed by atoms with Crippen LogP contribution in [-0.4, -0.2) is 50.6 Å². The number of amides is 1. The number of morpholine rings is 1. The van der Waals surface area contributed by atoms with Crippen molar-refractivity contribution < 1.29 is 17.9 Å². The Balaban J connectivity index is 1.42. The van der Waals surface area contributed by atoms with Crippen LogP contribution in [0.1, 0.15) is 55.3 Å². The number of hydrazone groups is 1. The summed E-state index contributed by atoms with van der Waals surface area (Å²) < 4.78 is 32.3. The molecular weight excluding hydrogens is 390 g/mol. The van der Waals surface area contributed by atoms with Crippen molar-refractivity contribution in [3.8, 4) is 0 Å². The van der Waals surface area contributed by atoms with E-state index >= 15 is 0 Å². The zero-order chi connectivity index (χ0) is 20.3. The first-order valence-corrected chi connectivity index (χ1v) is 12.0. The van der Waals surface area contributed by atoms with Gasteiger partial charge in [0.05, 0.1) is 18.1 Å². The molecule has 1 heterocycles. The highest BCUT2D eigenvalue weighted by Gasteiger charge is 2.30. The van der Waals surface area contributed by atoms with Gasteiger partial charge in [-0.15, -0.1) is 0 Å². The lowest BCUT2D eigenvalue weighted by atomic mass is 9.70. The van der Waals surface area contributed by atoms with Gasteiger partial charge in [0.15, 0.2) is 0 Å². The predicted octanol–water partition coefficient (Wildman–Crippen LogP) is 2.78. The van der Waals surface area contributed by atoms with Gasteiger partial charge in [-0.1, -0.05) is 25.3 Å². The number of fused-ring (bicyclic) bond motifs is 1. The van der Waals surface area contributed by atoms with Gasteiger partial charge in [-0.3, -0.25) is 4.79 Å². The van der Waals surface area contributed by atoms with Crippen molar-refractivity contribution in [1.82, 2.24) is 9.73 Å². The van der Waals surface area contributed by atoms with Crippen LogP contribution in [-0.2, 0) is 14.8 Å². The number of ether oxygens (including phenoxy) is 1. The lowest BCUT2D eigenvalue weighted by molar-refractivity contribution is 0.0730. The minimum absolute atomic E-state index is 0.127. The Hall–Kier alpha value is -1.77. The Labute approximate surface area is 172 Å². The summed E-state index contributed by atoms with van der Waals surface area (Å²) in [6.45, 7) is 1.43. The third-order valence-corrected chi connectivity index (χ3v) is 8.28. The Morgan fingerprint density at radius 3 is 2.66 bits per heavy atom. The van der Waals surface area contributed by atoms with Gasteiger partial charge in [0.25, 0.3) is 5.91 Å². The van der Waals surface area contributed by atoms with Crippen LogP contribution in [0.15, 0.2) is 34.3 Å². The predicted molar refractivity (Wildman–Crippen MR) is 110 cm³/mol. The first-order valence-electron chi connectivity index (χ1n) is 10.6. The molecule has 2 aliphatic carbocycles. The van der Waals surface area contributed by atoms with Gasteiger partial charge < -0.3 is 4.74 Å². The Bertz CT molecular complexity index is 878. The van der Waals surface area contributed by atoms with Crippen LogP contribution in [0.5, 0.6) is 0 Å². The van der Waals surface area contributed by atoms with Crippen LogP contribution in [0.2, 0.25) is 0 Å². The largest absolute Gasteiger partial charge is 0.379 e. The summed E-state index contributed by atoms with van der Waals surface area (Å²) in [5, 5.41) is 4.37. The molecule has 1 aromatic rings. The quantitative estimate of drug-likeness (QED) is 0.760. The van der Waals surface area contributed by atoms with E-state index in [2.05, 4.69) is 10.5 Å². The molecule has 1 saturated heterocycles. The third kappa shape index (κ3) is 4.70. The lowest BCUT2D eigenvalue weighted by Crippen LogP contribution is -2.40. The molecule has 1 amide bonds. The van der Waals surface area contributed by atoms with Gasteiger partial charge in [-0.2, -0.15) is 9.41 Å². The van der Waals surface area contributed by atoms with Crippen LogP contribution < -0.4 is 5.43 Å². The number of carbonyl (C=O) groups is 1. The van der Waals surface area contributed by atoms with Gasteiger partial charge in [-0.05, 0) is 55.7 Å². The Kier molecular flexibility index (Phi) is 6.32. The third-order valence-electron chi connectivity index (χ3n) is 6.39. The molecule has 1 aliphatic heterocycles. The van der Waals surface area contributed by atoms with Crippen molar-refractivity contribution in [2.75, 3.05) is 26.3 Å². The van der Waals surface area contributed by atoms with E-state index in [0.717, 1.165) is 30.9 Å². The summed E-state index contributed by atoms with van der Waals surface area (Å²) >= 11 is 0. The SMILES string of the molecule is O=C(N/N=C1/CC[C@@H]2CCCC[C@@H]2C1)c1cccc(S(=O)(=O)N2CCOCC2)c1. The fourth-order valence-corrected chi connectivity index (χ4v) is 6.17. The van der Waals surface area contributed by atoms with Crippen molar-refractivity contribution in [2.45, 2.75) is 49.8 Å². The maximum absolute atomic E-state index is 12.8. The van der Waals surface area contributed by atoms with E-state index in [0.29, 0.717) is 37.8 Å². The molecule has 0 aromatic heterocycles. The summed E-state index contributed by atoms with van der Waals surface area (Å²) in [6.07, 6.45) is 8.29. The summed E-state index contributed by atoms with van der Waals surface area (Å²) in [5.74, 6) is 1.15. The second-order valence-corrected chi connectivity index (χ2v) is 10.1. The van der Waals surface area contributed by atoms with E-state index in [-0.39, 0.29) is 10.8 Å². The highest BCUT2D eigenvalue weighted by atomic mass is 32.2. The molecule has 0 bridgehead atoms. The zero-order valence-corrected chi connectivity index (χ0v) is 17.5. The van der Waals surface area contributed by atoms with E-state index in [9.17, 15) is 13.2 Å². The average molecular weight is 420 g/mol. The molecule has 3 fully saturated rings. The van der Waals surface area contributed by atoms with E-state index in [4.69, 9.17) is 4.74 Å². The number of nitrogens with one attached hydrogen (secondary N) is 1. The second-order valence-electron chi connectivity index (χ2n) is 8.21. The molecule has 4 rings (SSSR count). The minimum atomic E-state index is -3.63. The topological polar surface area (TPSA) is 88.1 Å². The number of nitrogens with zero attached hydrogens (tertiary/aromatic N) is 2. The molecule has 29 heavy (non-hydrogen) atoms. The summed E-state index contributed by atoms with van der Waals surface area (Å²) in [7, 11) is -3.63. The van der Waals surface area contributed by atoms with Crippen molar-refractivity contribution in [3.63, 3.8) is 0 Å². The van der Waals surface area contributed by atoms with Crippen molar-refractivity contribution in [1.29, 1.82) is 0 Å². The van der Waals surface area contributed by atoms with Gasteiger partial charge in [-0.25, -0.2) is 13.8 Å². The maximum atomic E-state index is 12.8. The molecular formula is C21H29N3O4S. The van der Waals surface area contributed by atoms with Crippen molar-refractivity contribution in [2.24, 2.45) is 16.9 Å². The van der Waals surface area contributed by atoms with Gasteiger partial charge >= 0.3 is 0 Å². The molecule has 0 radical (unpaired) electrons. The Morgan fingerprint density at radius 1 is 1.10 bits per heavy atom. The number of carbonyl (C=O) groups excluding carboxylic acids is 1. The lowest BCUT2D eigenvalue weighted by Gasteiger charge is -2.35. The molecule has 1 N–H and O–H groups in total. The molecule has 1 aromatic carbocycles. The monoisotopic (exact) mass is 419 g/mol. The summed E-state index contributed by atoms with van der Waals surface area (Å²) in [4.78, 5) is 12.7. The fourth-order valence-electron chi connectivity index (χ4n) is 4.72. The minimum Gasteiger partial charge on any atom is -0.379 e. The van der Waals surface area contributed by atoms with Crippen molar-refractivity contribution in [3.05, 3.63) is 29.8 Å². The maximum Gasteiger partial charge on any atom is 0.271 e. The number of benzene rings is 1. The first-order chi connectivity index (χ1) is 14.0. The molecule has 2 atom stereocenters. The zero-order valence-electron chi connectivity index (χ0n) is 16.7. The number of hydrogen-bond acceptors (Lipinski definition) is 5. The molecule has 2 saturated carbocycles. The van der Waals surface area contributed by atoms with Crippen LogP contribution >= 0.6 is 0 Å². The average Bonchev–Trinajstić information content (AvgIpc) is 2.78. The highest BCUT2D eigenvalue weighted by Crippen LogP contribution is 2.39. The normalized spacial score (nSPS) is 27.4.